The number of benzene rings is 2. The minimum atomic E-state index is 0.0900. The largest absolute Gasteiger partial charge is 0.508 e. The summed E-state index contributed by atoms with van der Waals surface area (Å²) in [6.07, 6.45) is 0.971. The summed E-state index contributed by atoms with van der Waals surface area (Å²) in [5.41, 5.74) is 5.06. The number of hydrogen-bond donors (Lipinski definition) is 1. The molecule has 1 atom stereocenters. The van der Waals surface area contributed by atoms with Crippen LogP contribution in [0.4, 0.5) is 5.69 Å². The predicted octanol–water partition coefficient (Wildman–Crippen LogP) is 4.23. The molecule has 0 amide bonds. The van der Waals surface area contributed by atoms with E-state index >= 15 is 0 Å². The second-order valence-electron chi connectivity index (χ2n) is 6.70. The quantitative estimate of drug-likeness (QED) is 0.921. The van der Waals surface area contributed by atoms with Gasteiger partial charge in [-0.3, -0.25) is 0 Å². The average molecular weight is 311 g/mol. The lowest BCUT2D eigenvalue weighted by Crippen LogP contribution is -2.44. The van der Waals surface area contributed by atoms with Gasteiger partial charge in [0.2, 0.25) is 0 Å². The number of rotatable bonds is 3. The number of fused-ring (bicyclic) bond motifs is 1. The molecular weight excluding hydrogens is 286 g/mol. The van der Waals surface area contributed by atoms with Gasteiger partial charge in [-0.1, -0.05) is 18.2 Å². The highest BCUT2D eigenvalue weighted by Crippen LogP contribution is 2.37. The zero-order valence-electron chi connectivity index (χ0n) is 14.3. The Morgan fingerprint density at radius 2 is 2.00 bits per heavy atom. The van der Waals surface area contributed by atoms with E-state index in [0.717, 1.165) is 24.4 Å². The van der Waals surface area contributed by atoms with Crippen LogP contribution in [0.25, 0.3) is 0 Å². The van der Waals surface area contributed by atoms with Crippen molar-refractivity contribution >= 4 is 5.69 Å². The van der Waals surface area contributed by atoms with Gasteiger partial charge in [-0.25, -0.2) is 0 Å². The van der Waals surface area contributed by atoms with Crippen molar-refractivity contribution in [1.82, 2.24) is 0 Å². The van der Waals surface area contributed by atoms with Crippen LogP contribution in [0.5, 0.6) is 11.5 Å². The van der Waals surface area contributed by atoms with E-state index in [1.54, 1.807) is 12.1 Å². The number of hydrogen-bond acceptors (Lipinski definition) is 3. The Kier molecular flexibility index (Phi) is 4.20. The van der Waals surface area contributed by atoms with Crippen molar-refractivity contribution in [3.05, 3.63) is 53.1 Å². The van der Waals surface area contributed by atoms with Gasteiger partial charge >= 0.3 is 0 Å². The zero-order valence-corrected chi connectivity index (χ0v) is 14.3. The molecule has 2 aromatic rings. The third-order valence-corrected chi connectivity index (χ3v) is 4.73. The maximum absolute atomic E-state index is 9.77. The molecule has 3 rings (SSSR count). The Labute approximate surface area is 138 Å². The van der Waals surface area contributed by atoms with Gasteiger partial charge in [-0.05, 0) is 56.5 Å². The summed E-state index contributed by atoms with van der Waals surface area (Å²) in [6, 6.07) is 12.2. The van der Waals surface area contributed by atoms with Crippen LogP contribution in [0.2, 0.25) is 0 Å². The zero-order chi connectivity index (χ0) is 16.6. The summed E-state index contributed by atoms with van der Waals surface area (Å²) in [5.74, 6) is 1.03. The third-order valence-electron chi connectivity index (χ3n) is 4.73. The van der Waals surface area contributed by atoms with Gasteiger partial charge in [0.1, 0.15) is 17.6 Å². The summed E-state index contributed by atoms with van der Waals surface area (Å²) < 4.78 is 6.19. The molecule has 0 aromatic heterocycles. The SMILES string of the molecule is Cc1cccc(CC2CN(C(C)C)c3ccc(O)cc3O2)c1C. The number of anilines is 1. The van der Waals surface area contributed by atoms with Gasteiger partial charge in [0.15, 0.2) is 0 Å². The Morgan fingerprint density at radius 3 is 2.74 bits per heavy atom. The minimum absolute atomic E-state index is 0.0900. The molecule has 122 valence electrons. The van der Waals surface area contributed by atoms with E-state index in [1.807, 2.05) is 6.07 Å². The maximum Gasteiger partial charge on any atom is 0.146 e. The molecule has 1 heterocycles. The number of phenols is 1. The van der Waals surface area contributed by atoms with Crippen molar-refractivity contribution in [2.24, 2.45) is 0 Å². The molecule has 3 nitrogen and oxygen atoms in total. The highest BCUT2D eigenvalue weighted by atomic mass is 16.5. The van der Waals surface area contributed by atoms with Crippen LogP contribution in [0.15, 0.2) is 36.4 Å². The average Bonchev–Trinajstić information content (AvgIpc) is 2.50. The first kappa shape index (κ1) is 15.7. The highest BCUT2D eigenvalue weighted by Gasteiger charge is 2.28. The number of aryl methyl sites for hydroxylation is 1. The van der Waals surface area contributed by atoms with Gasteiger partial charge in [0.05, 0.1) is 12.2 Å². The number of phenolic OH excluding ortho intramolecular Hbond substituents is 1. The second kappa shape index (κ2) is 6.15. The molecule has 3 heteroatoms. The number of ether oxygens (including phenoxy) is 1. The lowest BCUT2D eigenvalue weighted by atomic mass is 9.97. The van der Waals surface area contributed by atoms with Crippen molar-refractivity contribution in [2.45, 2.75) is 46.3 Å². The summed E-state index contributed by atoms with van der Waals surface area (Å²) in [7, 11) is 0. The smallest absolute Gasteiger partial charge is 0.146 e. The van der Waals surface area contributed by atoms with Crippen molar-refractivity contribution in [2.75, 3.05) is 11.4 Å². The van der Waals surface area contributed by atoms with Crippen molar-refractivity contribution in [3.63, 3.8) is 0 Å². The fraction of sp³-hybridized carbons (Fsp3) is 0.400. The standard InChI is InChI=1S/C20H25NO2/c1-13(2)21-12-18(10-16-7-5-6-14(3)15(16)4)23-20-11-17(22)8-9-19(20)21/h5-9,11,13,18,22H,10,12H2,1-4H3. The third kappa shape index (κ3) is 3.14. The van der Waals surface area contributed by atoms with Gasteiger partial charge in [0, 0.05) is 18.5 Å². The summed E-state index contributed by atoms with van der Waals surface area (Å²) in [4.78, 5) is 2.36. The Balaban J connectivity index is 1.89. The highest BCUT2D eigenvalue weighted by molar-refractivity contribution is 5.63. The fourth-order valence-corrected chi connectivity index (χ4v) is 3.24. The van der Waals surface area contributed by atoms with Crippen molar-refractivity contribution in [1.29, 1.82) is 0 Å². The Hall–Kier alpha value is -2.16. The van der Waals surface area contributed by atoms with Gasteiger partial charge in [-0.2, -0.15) is 0 Å². The van der Waals surface area contributed by atoms with E-state index in [2.05, 4.69) is 50.8 Å². The molecule has 0 radical (unpaired) electrons. The fourth-order valence-electron chi connectivity index (χ4n) is 3.24. The van der Waals surface area contributed by atoms with Crippen LogP contribution in [0.1, 0.15) is 30.5 Å². The predicted molar refractivity (Wildman–Crippen MR) is 94.6 cm³/mol. The molecule has 0 spiro atoms. The summed E-state index contributed by atoms with van der Waals surface area (Å²) in [6.45, 7) is 9.57. The lowest BCUT2D eigenvalue weighted by molar-refractivity contribution is 0.189. The molecule has 1 N–H and O–H groups in total. The number of nitrogens with zero attached hydrogens (tertiary/aromatic N) is 1. The van der Waals surface area contributed by atoms with Crippen LogP contribution in [0.3, 0.4) is 0 Å². The molecule has 23 heavy (non-hydrogen) atoms. The van der Waals surface area contributed by atoms with E-state index in [1.165, 1.54) is 16.7 Å². The first-order valence-corrected chi connectivity index (χ1v) is 8.27. The monoisotopic (exact) mass is 311 g/mol. The second-order valence-corrected chi connectivity index (χ2v) is 6.70. The van der Waals surface area contributed by atoms with E-state index in [-0.39, 0.29) is 11.9 Å². The molecule has 0 fully saturated rings. The molecule has 0 aliphatic carbocycles. The summed E-state index contributed by atoms with van der Waals surface area (Å²) >= 11 is 0. The lowest BCUT2D eigenvalue weighted by Gasteiger charge is -2.39. The molecule has 1 aliphatic heterocycles. The molecule has 0 bridgehead atoms. The van der Waals surface area contributed by atoms with Gasteiger partial charge in [-0.15, -0.1) is 0 Å². The Morgan fingerprint density at radius 1 is 1.22 bits per heavy atom. The van der Waals surface area contributed by atoms with Gasteiger partial charge < -0.3 is 14.7 Å². The Bertz CT molecular complexity index is 709. The maximum atomic E-state index is 9.77. The van der Waals surface area contributed by atoms with Crippen LogP contribution in [0, 0.1) is 13.8 Å². The van der Waals surface area contributed by atoms with E-state index in [4.69, 9.17) is 4.74 Å². The summed E-state index contributed by atoms with van der Waals surface area (Å²) in [5, 5.41) is 9.77. The van der Waals surface area contributed by atoms with E-state index < -0.39 is 0 Å². The van der Waals surface area contributed by atoms with Crippen molar-refractivity contribution in [3.8, 4) is 11.5 Å². The number of aromatic hydroxyl groups is 1. The first-order valence-electron chi connectivity index (χ1n) is 8.27. The molecule has 0 saturated carbocycles. The minimum Gasteiger partial charge on any atom is -0.508 e. The van der Waals surface area contributed by atoms with Crippen LogP contribution >= 0.6 is 0 Å². The molecule has 1 aliphatic rings. The molecular formula is C20H25NO2. The first-order chi connectivity index (χ1) is 11.0. The van der Waals surface area contributed by atoms with Gasteiger partial charge in [0.25, 0.3) is 0 Å². The normalized spacial score (nSPS) is 17.1. The van der Waals surface area contributed by atoms with E-state index in [9.17, 15) is 5.11 Å². The van der Waals surface area contributed by atoms with Crippen molar-refractivity contribution < 1.29 is 9.84 Å². The molecule has 0 saturated heterocycles. The molecule has 1 unspecified atom stereocenters. The van der Waals surface area contributed by atoms with Crippen LogP contribution in [-0.2, 0) is 6.42 Å². The van der Waals surface area contributed by atoms with E-state index in [0.29, 0.717) is 6.04 Å². The van der Waals surface area contributed by atoms with Crippen LogP contribution in [-0.4, -0.2) is 23.8 Å². The van der Waals surface area contributed by atoms with Crippen LogP contribution < -0.4 is 9.64 Å². The molecule has 2 aromatic carbocycles. The topological polar surface area (TPSA) is 32.7 Å².